The van der Waals surface area contributed by atoms with E-state index >= 15 is 0 Å². The van der Waals surface area contributed by atoms with Gasteiger partial charge in [-0.3, -0.25) is 4.99 Å². The zero-order valence-corrected chi connectivity index (χ0v) is 33.7. The number of para-hydroxylation sites is 1. The van der Waals surface area contributed by atoms with Gasteiger partial charge in [0.15, 0.2) is 0 Å². The Morgan fingerprint density at radius 3 is 2.05 bits per heavy atom. The number of ether oxygens (including phenoxy) is 1. The molecule has 3 nitrogen and oxygen atoms in total. The van der Waals surface area contributed by atoms with Gasteiger partial charge in [0.2, 0.25) is 0 Å². The van der Waals surface area contributed by atoms with Crippen molar-refractivity contribution in [2.45, 2.75) is 44.6 Å². The second kappa shape index (κ2) is 13.7. The lowest BCUT2D eigenvalue weighted by Crippen LogP contribution is -2.38. The maximum absolute atomic E-state index is 6.88. The van der Waals surface area contributed by atoms with Gasteiger partial charge in [-0.2, -0.15) is 0 Å². The number of hydrogen-bond acceptors (Lipinski definition) is 3. The number of nitrogens with one attached hydrogen (secondary N) is 1. The Hall–Kier alpha value is -6.71. The average Bonchev–Trinajstić information content (AvgIpc) is 3.57. The molecule has 0 amide bonds. The molecule has 0 aromatic heterocycles. The third kappa shape index (κ3) is 5.67. The number of hydrogen-bond donors (Lipinski definition) is 1. The normalized spacial score (nSPS) is 21.9. The van der Waals surface area contributed by atoms with Gasteiger partial charge in [0.05, 0.1) is 5.41 Å². The van der Waals surface area contributed by atoms with Crippen molar-refractivity contribution in [2.75, 3.05) is 0 Å². The first-order chi connectivity index (χ1) is 28.9. The molecule has 6 aromatic rings. The zero-order valence-electron chi connectivity index (χ0n) is 33.7. The highest BCUT2D eigenvalue weighted by Gasteiger charge is 2.51. The first-order valence-electron chi connectivity index (χ1n) is 21.1. The first kappa shape index (κ1) is 35.5. The van der Waals surface area contributed by atoms with E-state index in [1.165, 1.54) is 55.7 Å². The molecule has 0 saturated carbocycles. The Balaban J connectivity index is 1.02. The van der Waals surface area contributed by atoms with Crippen molar-refractivity contribution in [1.82, 2.24) is 5.32 Å². The number of nitrogens with zero attached hydrogens (tertiary/aromatic N) is 1. The van der Waals surface area contributed by atoms with Crippen LogP contribution in [-0.4, -0.2) is 11.4 Å². The van der Waals surface area contributed by atoms with Crippen LogP contribution in [0.25, 0.3) is 27.8 Å². The molecule has 0 fully saturated rings. The van der Waals surface area contributed by atoms with Gasteiger partial charge in [0, 0.05) is 28.0 Å². The van der Waals surface area contributed by atoms with Crippen LogP contribution in [0.15, 0.2) is 204 Å². The second-order valence-corrected chi connectivity index (χ2v) is 17.1. The molecule has 6 aromatic carbocycles. The lowest BCUT2D eigenvalue weighted by Gasteiger charge is -2.39. The molecule has 3 atom stereocenters. The van der Waals surface area contributed by atoms with E-state index in [2.05, 4.69) is 208 Å². The minimum Gasteiger partial charge on any atom is -0.457 e. The molecule has 1 N–H and O–H groups in total. The molecule has 1 spiro atoms. The van der Waals surface area contributed by atoms with Crippen molar-refractivity contribution >= 4 is 11.4 Å². The molecule has 0 saturated heterocycles. The van der Waals surface area contributed by atoms with Crippen LogP contribution < -0.4 is 10.1 Å². The smallest absolute Gasteiger partial charge is 0.133 e. The predicted molar refractivity (Wildman–Crippen MR) is 243 cm³/mol. The van der Waals surface area contributed by atoms with E-state index in [0.29, 0.717) is 11.8 Å². The third-order valence-electron chi connectivity index (χ3n) is 13.1. The van der Waals surface area contributed by atoms with E-state index in [9.17, 15) is 0 Å². The Bertz CT molecular complexity index is 2840. The first-order valence-corrected chi connectivity index (χ1v) is 21.1. The molecule has 59 heavy (non-hydrogen) atoms. The molecule has 2 aliphatic heterocycles. The van der Waals surface area contributed by atoms with Gasteiger partial charge in [0.1, 0.15) is 22.9 Å². The maximum atomic E-state index is 6.88. The largest absolute Gasteiger partial charge is 0.457 e. The number of allylic oxidation sites excluding steroid dienone is 6. The van der Waals surface area contributed by atoms with E-state index in [-0.39, 0.29) is 0 Å². The standard InChI is InChI=1S/C56H46N2O/c1-36-15-13-20-42(31-36)55(3)35-51(46-32-37(2)27-29-43(46)38-16-5-4-6-17-38)57-54(58-55)41-19-14-18-39(33-41)40-28-30-50-53(34-40)59-52-26-12-11-25-49(52)56(50)47-23-9-7-21-44(47)45-22-8-10-24-48(45)56/h4-26,28-30,32-37H,27,31H2,1-3H3,(H,57,58). The summed E-state index contributed by atoms with van der Waals surface area (Å²) in [4.78, 5) is 5.58. The second-order valence-electron chi connectivity index (χ2n) is 17.1. The van der Waals surface area contributed by atoms with E-state index in [1.807, 2.05) is 0 Å². The van der Waals surface area contributed by atoms with Crippen LogP contribution in [0.3, 0.4) is 0 Å². The molecule has 0 radical (unpaired) electrons. The van der Waals surface area contributed by atoms with Crippen LogP contribution in [0, 0.1) is 11.8 Å². The predicted octanol–water partition coefficient (Wildman–Crippen LogP) is 13.4. The Morgan fingerprint density at radius 1 is 0.610 bits per heavy atom. The fourth-order valence-corrected chi connectivity index (χ4v) is 10.3. The average molecular weight is 763 g/mol. The third-order valence-corrected chi connectivity index (χ3v) is 13.1. The molecule has 5 aliphatic rings. The highest BCUT2D eigenvalue weighted by molar-refractivity contribution is 6.03. The monoisotopic (exact) mass is 762 g/mol. The Labute approximate surface area is 347 Å². The van der Waals surface area contributed by atoms with Crippen LogP contribution in [-0.2, 0) is 5.41 Å². The molecule has 3 heteroatoms. The summed E-state index contributed by atoms with van der Waals surface area (Å²) >= 11 is 0. The highest BCUT2D eigenvalue weighted by Crippen LogP contribution is 2.62. The minimum atomic E-state index is -0.524. The Morgan fingerprint density at radius 2 is 1.27 bits per heavy atom. The molecule has 286 valence electrons. The van der Waals surface area contributed by atoms with E-state index in [1.54, 1.807) is 0 Å². The van der Waals surface area contributed by atoms with Gasteiger partial charge in [-0.15, -0.1) is 0 Å². The quantitative estimate of drug-likeness (QED) is 0.189. The molecule has 0 bridgehead atoms. The van der Waals surface area contributed by atoms with Crippen LogP contribution in [0.4, 0.5) is 0 Å². The number of amidine groups is 1. The topological polar surface area (TPSA) is 33.6 Å². The van der Waals surface area contributed by atoms with Gasteiger partial charge >= 0.3 is 0 Å². The highest BCUT2D eigenvalue weighted by atomic mass is 16.5. The van der Waals surface area contributed by atoms with Gasteiger partial charge in [0.25, 0.3) is 0 Å². The maximum Gasteiger partial charge on any atom is 0.133 e. The summed E-state index contributed by atoms with van der Waals surface area (Å²) in [5.74, 6) is 3.54. The summed E-state index contributed by atoms with van der Waals surface area (Å²) in [6.45, 7) is 6.88. The number of aliphatic imine (C=N–C) groups is 1. The van der Waals surface area contributed by atoms with Crippen molar-refractivity contribution in [2.24, 2.45) is 16.8 Å². The van der Waals surface area contributed by atoms with Crippen molar-refractivity contribution in [3.63, 3.8) is 0 Å². The van der Waals surface area contributed by atoms with Crippen LogP contribution in [0.1, 0.15) is 67.0 Å². The molecule has 3 aliphatic carbocycles. The van der Waals surface area contributed by atoms with Crippen molar-refractivity contribution in [3.05, 3.63) is 232 Å². The van der Waals surface area contributed by atoms with Crippen LogP contribution in [0.2, 0.25) is 0 Å². The van der Waals surface area contributed by atoms with Crippen LogP contribution >= 0.6 is 0 Å². The number of benzene rings is 6. The van der Waals surface area contributed by atoms with Gasteiger partial charge in [-0.1, -0.05) is 172 Å². The fourth-order valence-electron chi connectivity index (χ4n) is 10.3. The van der Waals surface area contributed by atoms with Gasteiger partial charge in [-0.05, 0) is 106 Å². The summed E-state index contributed by atoms with van der Waals surface area (Å²) < 4.78 is 6.88. The minimum absolute atomic E-state index is 0.428. The van der Waals surface area contributed by atoms with Crippen LogP contribution in [0.5, 0.6) is 11.5 Å². The van der Waals surface area contributed by atoms with Crippen molar-refractivity contribution < 1.29 is 4.74 Å². The molecule has 3 unspecified atom stereocenters. The molecular formula is C56H46N2O. The Kier molecular flexibility index (Phi) is 8.23. The molecule has 11 rings (SSSR count). The summed E-state index contributed by atoms with van der Waals surface area (Å²) in [6.07, 6.45) is 16.0. The van der Waals surface area contributed by atoms with Crippen molar-refractivity contribution in [1.29, 1.82) is 0 Å². The SMILES string of the molecule is CC1C=C(C2=CC(C)(C3=CC=CC(C)C3)N=C(c3cccc(-c4ccc5c(c4)Oc4ccccc4C54c5ccccc5-c5ccccc54)c3)N2)C(c2ccccc2)=CC1. The zero-order chi connectivity index (χ0) is 39.7. The summed E-state index contributed by atoms with van der Waals surface area (Å²) in [6, 6.07) is 52.8. The van der Waals surface area contributed by atoms with Gasteiger partial charge in [-0.25, -0.2) is 0 Å². The number of fused-ring (bicyclic) bond motifs is 9. The summed E-state index contributed by atoms with van der Waals surface area (Å²) in [5.41, 5.74) is 15.9. The molecule has 2 heterocycles. The summed E-state index contributed by atoms with van der Waals surface area (Å²) in [7, 11) is 0. The summed E-state index contributed by atoms with van der Waals surface area (Å²) in [5, 5.41) is 3.89. The van der Waals surface area contributed by atoms with E-state index < -0.39 is 11.0 Å². The lowest BCUT2D eigenvalue weighted by molar-refractivity contribution is 0.436. The van der Waals surface area contributed by atoms with Crippen molar-refractivity contribution in [3.8, 4) is 33.8 Å². The lowest BCUT2D eigenvalue weighted by atomic mass is 9.66. The molecular weight excluding hydrogens is 717 g/mol. The number of rotatable bonds is 5. The van der Waals surface area contributed by atoms with E-state index in [4.69, 9.17) is 9.73 Å². The fraction of sp³-hybridized carbons (Fsp3) is 0.161. The van der Waals surface area contributed by atoms with Gasteiger partial charge < -0.3 is 10.1 Å². The van der Waals surface area contributed by atoms with E-state index in [0.717, 1.165) is 52.6 Å².